The molecule has 0 amide bonds. The normalized spacial score (nSPS) is 15.8. The minimum absolute atomic E-state index is 0.211. The molecule has 1 fully saturated rings. The van der Waals surface area contributed by atoms with E-state index in [1.807, 2.05) is 0 Å². The third kappa shape index (κ3) is 1.88. The van der Waals surface area contributed by atoms with Gasteiger partial charge in [0.05, 0.1) is 12.4 Å². The monoisotopic (exact) mass is 223 g/mol. The molecule has 2 rings (SSSR count). The van der Waals surface area contributed by atoms with Gasteiger partial charge in [0.25, 0.3) is 5.56 Å². The first-order valence-corrected chi connectivity index (χ1v) is 5.54. The smallest absolute Gasteiger partial charge is 0.276 e. The zero-order chi connectivity index (χ0) is 11.5. The minimum atomic E-state index is -0.265. The van der Waals surface area contributed by atoms with Crippen LogP contribution in [0.25, 0.3) is 0 Å². The summed E-state index contributed by atoms with van der Waals surface area (Å²) in [6.45, 7) is 4.82. The summed E-state index contributed by atoms with van der Waals surface area (Å²) in [4.78, 5) is 20.2. The van der Waals surface area contributed by atoms with Crippen molar-refractivity contribution in [3.8, 4) is 0 Å². The summed E-state index contributed by atoms with van der Waals surface area (Å²) in [7, 11) is 0. The van der Waals surface area contributed by atoms with Crippen LogP contribution >= 0.6 is 0 Å². The van der Waals surface area contributed by atoms with Crippen LogP contribution in [0.5, 0.6) is 0 Å². The first-order chi connectivity index (χ1) is 7.74. The van der Waals surface area contributed by atoms with Gasteiger partial charge >= 0.3 is 0 Å². The third-order valence-corrected chi connectivity index (χ3v) is 2.81. The van der Waals surface area contributed by atoms with Crippen molar-refractivity contribution in [1.29, 1.82) is 0 Å². The molecule has 1 aromatic rings. The molecule has 6 nitrogen and oxygen atoms in total. The van der Waals surface area contributed by atoms with Crippen molar-refractivity contribution in [1.82, 2.24) is 15.3 Å². The Morgan fingerprint density at radius 1 is 1.62 bits per heavy atom. The summed E-state index contributed by atoms with van der Waals surface area (Å²) >= 11 is 0. The molecule has 6 heteroatoms. The molecule has 1 saturated heterocycles. The lowest BCUT2D eigenvalue weighted by molar-refractivity contribution is 0.410. The van der Waals surface area contributed by atoms with Crippen LogP contribution in [0.4, 0.5) is 11.5 Å². The molecular weight excluding hydrogens is 206 g/mol. The molecule has 4 N–H and O–H groups in total. The molecule has 0 spiro atoms. The van der Waals surface area contributed by atoms with E-state index in [1.54, 1.807) is 0 Å². The van der Waals surface area contributed by atoms with E-state index in [0.29, 0.717) is 11.9 Å². The summed E-state index contributed by atoms with van der Waals surface area (Å²) < 4.78 is 0. The lowest BCUT2D eigenvalue weighted by atomic mass is 10.1. The van der Waals surface area contributed by atoms with Crippen molar-refractivity contribution in [2.24, 2.45) is 0 Å². The number of hydrogen-bond donors (Lipinski definition) is 3. The van der Waals surface area contributed by atoms with Gasteiger partial charge in [-0.1, -0.05) is 6.92 Å². The summed E-state index contributed by atoms with van der Waals surface area (Å²) in [5.74, 6) is 0.608. The Kier molecular flexibility index (Phi) is 3.09. The van der Waals surface area contributed by atoms with Gasteiger partial charge < -0.3 is 20.9 Å². The van der Waals surface area contributed by atoms with Gasteiger partial charge in [-0.3, -0.25) is 4.79 Å². The molecule has 0 radical (unpaired) electrons. The summed E-state index contributed by atoms with van der Waals surface area (Å²) in [5, 5.41) is 3.21. The van der Waals surface area contributed by atoms with Gasteiger partial charge in [0.15, 0.2) is 5.82 Å². The highest BCUT2D eigenvalue weighted by Crippen LogP contribution is 2.20. The van der Waals surface area contributed by atoms with Crippen molar-refractivity contribution in [3.05, 3.63) is 16.7 Å². The van der Waals surface area contributed by atoms with Crippen LogP contribution in [-0.2, 0) is 0 Å². The fraction of sp³-hybridized carbons (Fsp3) is 0.600. The van der Waals surface area contributed by atoms with Crippen LogP contribution in [-0.4, -0.2) is 35.6 Å². The standard InChI is InChI=1S/C10H17N5O/c1-2-3-15(7-4-12-5-7)9-8(11)10(16)14-6-13-9/h6-7,12H,2-5,11H2,1H3,(H,13,14,16). The first-order valence-electron chi connectivity index (χ1n) is 5.54. The van der Waals surface area contributed by atoms with Crippen molar-refractivity contribution in [2.75, 3.05) is 30.3 Å². The van der Waals surface area contributed by atoms with E-state index in [-0.39, 0.29) is 11.2 Å². The summed E-state index contributed by atoms with van der Waals surface area (Å²) in [5.41, 5.74) is 5.71. The Hall–Kier alpha value is -1.56. The summed E-state index contributed by atoms with van der Waals surface area (Å²) in [6, 6.07) is 0.400. The number of nitrogens with one attached hydrogen (secondary N) is 2. The highest BCUT2D eigenvalue weighted by molar-refractivity contribution is 5.61. The molecule has 0 atom stereocenters. The number of nitrogen functional groups attached to an aromatic ring is 1. The molecule has 0 saturated carbocycles. The van der Waals surface area contributed by atoms with Crippen LogP contribution < -0.4 is 21.5 Å². The highest BCUT2D eigenvalue weighted by atomic mass is 16.1. The SMILES string of the molecule is CCCN(c1nc[nH]c(=O)c1N)C1CNC1. The Morgan fingerprint density at radius 2 is 2.38 bits per heavy atom. The van der Waals surface area contributed by atoms with Crippen molar-refractivity contribution < 1.29 is 0 Å². The predicted molar refractivity (Wildman–Crippen MR) is 63.6 cm³/mol. The van der Waals surface area contributed by atoms with E-state index in [1.165, 1.54) is 6.33 Å². The molecule has 0 unspecified atom stereocenters. The van der Waals surface area contributed by atoms with Crippen molar-refractivity contribution >= 4 is 11.5 Å². The predicted octanol–water partition coefficient (Wildman–Crippen LogP) is -0.460. The Bertz CT molecular complexity index is 412. The van der Waals surface area contributed by atoms with E-state index < -0.39 is 0 Å². The largest absolute Gasteiger partial charge is 0.391 e. The number of hydrogen-bond acceptors (Lipinski definition) is 5. The maximum atomic E-state index is 11.4. The molecule has 0 aliphatic carbocycles. The Labute approximate surface area is 93.9 Å². The zero-order valence-electron chi connectivity index (χ0n) is 9.36. The third-order valence-electron chi connectivity index (χ3n) is 2.81. The van der Waals surface area contributed by atoms with Gasteiger partial charge in [0.1, 0.15) is 5.69 Å². The van der Waals surface area contributed by atoms with Crippen LogP contribution in [0.2, 0.25) is 0 Å². The lowest BCUT2D eigenvalue weighted by Crippen LogP contribution is -2.58. The van der Waals surface area contributed by atoms with Crippen LogP contribution in [0, 0.1) is 0 Å². The summed E-state index contributed by atoms with van der Waals surface area (Å²) in [6.07, 6.45) is 2.41. The number of nitrogens with zero attached hydrogens (tertiary/aromatic N) is 2. The van der Waals surface area contributed by atoms with Gasteiger partial charge in [0.2, 0.25) is 0 Å². The number of anilines is 2. The van der Waals surface area contributed by atoms with Crippen molar-refractivity contribution in [3.63, 3.8) is 0 Å². The topological polar surface area (TPSA) is 87.0 Å². The zero-order valence-corrected chi connectivity index (χ0v) is 9.36. The second kappa shape index (κ2) is 4.52. The number of rotatable bonds is 4. The van der Waals surface area contributed by atoms with Crippen LogP contribution in [0.1, 0.15) is 13.3 Å². The highest BCUT2D eigenvalue weighted by Gasteiger charge is 2.26. The maximum absolute atomic E-state index is 11.4. The number of aromatic amines is 1. The fourth-order valence-electron chi connectivity index (χ4n) is 1.83. The molecule has 1 aliphatic rings. The molecule has 0 bridgehead atoms. The molecule has 0 aromatic carbocycles. The van der Waals surface area contributed by atoms with E-state index in [0.717, 1.165) is 26.1 Å². The molecular formula is C10H17N5O. The lowest BCUT2D eigenvalue weighted by Gasteiger charge is -2.39. The van der Waals surface area contributed by atoms with Gasteiger partial charge in [-0.15, -0.1) is 0 Å². The van der Waals surface area contributed by atoms with E-state index in [2.05, 4.69) is 27.1 Å². The number of H-pyrrole nitrogens is 1. The van der Waals surface area contributed by atoms with E-state index >= 15 is 0 Å². The molecule has 88 valence electrons. The van der Waals surface area contributed by atoms with Crippen molar-refractivity contribution in [2.45, 2.75) is 19.4 Å². The van der Waals surface area contributed by atoms with Gasteiger partial charge in [0, 0.05) is 19.6 Å². The van der Waals surface area contributed by atoms with Gasteiger partial charge in [-0.2, -0.15) is 0 Å². The second-order valence-corrected chi connectivity index (χ2v) is 3.97. The molecule has 2 heterocycles. The number of aromatic nitrogens is 2. The minimum Gasteiger partial charge on any atom is -0.391 e. The maximum Gasteiger partial charge on any atom is 0.276 e. The van der Waals surface area contributed by atoms with Gasteiger partial charge in [-0.05, 0) is 6.42 Å². The van der Waals surface area contributed by atoms with Crippen LogP contribution in [0.3, 0.4) is 0 Å². The Balaban J connectivity index is 2.30. The average Bonchev–Trinajstić information content (AvgIpc) is 2.19. The molecule has 1 aromatic heterocycles. The van der Waals surface area contributed by atoms with E-state index in [9.17, 15) is 4.79 Å². The Morgan fingerprint density at radius 3 is 2.94 bits per heavy atom. The quantitative estimate of drug-likeness (QED) is 0.643. The number of nitrogens with two attached hydrogens (primary N) is 1. The van der Waals surface area contributed by atoms with E-state index in [4.69, 9.17) is 5.73 Å². The average molecular weight is 223 g/mol. The fourth-order valence-corrected chi connectivity index (χ4v) is 1.83. The van der Waals surface area contributed by atoms with Gasteiger partial charge in [-0.25, -0.2) is 4.98 Å². The first kappa shape index (κ1) is 10.9. The second-order valence-electron chi connectivity index (χ2n) is 3.97. The molecule has 16 heavy (non-hydrogen) atoms. The van der Waals surface area contributed by atoms with Crippen LogP contribution in [0.15, 0.2) is 11.1 Å². The molecule has 1 aliphatic heterocycles.